The molecule has 0 radical (unpaired) electrons. The molecule has 4 aliphatic rings. The third-order valence-electron chi connectivity index (χ3n) is 13.6. The Bertz CT molecular complexity index is 2500. The van der Waals surface area contributed by atoms with Gasteiger partial charge in [-0.05, 0) is 121 Å². The molecule has 1 saturated heterocycles. The molecule has 0 bridgehead atoms. The Balaban J connectivity index is 1.30. The standard InChI is InChI=1S/C48H59F3N6O9S/c1-28(2)65-34-16-14-31(15-17-34)37-22-35(23-38(53-37)32-12-10-20-52-26-32)66-36-24-39-41(58)54-47(43(60)55-67(63,64)46(7)18-19-46)25-33(47)13-9-8-11-29(3)21-30(4)40(42(59)56(39)27-36)57(44(61)62)45(5,6)48(49,50)51/h9-10,12-17,20,22-23,26,28-30,33,36,39-40H,8,11,18-19,21,24-25,27H2,1-7H3,(H,54,58)(H,55,60)(H,61,62)/b13-9-/t29-,30-,33-,36-,39+,40+,47-/m1/s1. The number of nitrogens with zero attached hydrogens (tertiary/aromatic N) is 4. The lowest BCUT2D eigenvalue weighted by atomic mass is 9.85. The third-order valence-corrected chi connectivity index (χ3v) is 15.7. The zero-order chi connectivity index (χ0) is 48.9. The van der Waals surface area contributed by atoms with Crippen molar-refractivity contribution in [3.05, 3.63) is 73.1 Å². The molecule has 3 aromatic rings. The summed E-state index contributed by atoms with van der Waals surface area (Å²) >= 11 is 0. The molecule has 362 valence electrons. The maximum absolute atomic E-state index is 15.2. The smallest absolute Gasteiger partial charge is 0.411 e. The van der Waals surface area contributed by atoms with E-state index in [1.807, 2.05) is 39.0 Å². The molecule has 3 N–H and O–H groups in total. The van der Waals surface area contributed by atoms with Crippen molar-refractivity contribution in [2.75, 3.05) is 6.54 Å². The molecule has 19 heteroatoms. The zero-order valence-corrected chi connectivity index (χ0v) is 39.5. The summed E-state index contributed by atoms with van der Waals surface area (Å²) in [4.78, 5) is 67.6. The fraction of sp³-hybridized carbons (Fsp3) is 0.542. The van der Waals surface area contributed by atoms with Crippen LogP contribution in [-0.2, 0) is 24.4 Å². The van der Waals surface area contributed by atoms with E-state index in [2.05, 4.69) is 15.0 Å². The molecule has 15 nitrogen and oxygen atoms in total. The van der Waals surface area contributed by atoms with Crippen molar-refractivity contribution in [1.82, 2.24) is 29.8 Å². The Morgan fingerprint density at radius 2 is 1.69 bits per heavy atom. The highest BCUT2D eigenvalue weighted by Crippen LogP contribution is 2.48. The number of nitrogens with one attached hydrogen (secondary N) is 2. The highest BCUT2D eigenvalue weighted by molar-refractivity contribution is 7.91. The second-order valence-electron chi connectivity index (χ2n) is 19.6. The Labute approximate surface area is 388 Å². The normalized spacial score (nSPS) is 27.1. The van der Waals surface area contributed by atoms with Gasteiger partial charge >= 0.3 is 12.3 Å². The van der Waals surface area contributed by atoms with Crippen molar-refractivity contribution < 1.29 is 55.3 Å². The molecule has 2 aliphatic heterocycles. The van der Waals surface area contributed by atoms with Crippen molar-refractivity contribution in [3.8, 4) is 34.0 Å². The van der Waals surface area contributed by atoms with Crippen molar-refractivity contribution >= 4 is 33.8 Å². The van der Waals surface area contributed by atoms with Crippen LogP contribution in [0.5, 0.6) is 11.5 Å². The second kappa shape index (κ2) is 18.4. The first-order valence-corrected chi connectivity index (χ1v) is 24.2. The van der Waals surface area contributed by atoms with Crippen LogP contribution in [0.4, 0.5) is 18.0 Å². The van der Waals surface area contributed by atoms with Crippen molar-refractivity contribution in [2.24, 2.45) is 17.8 Å². The molecular weight excluding hydrogens is 894 g/mol. The number of hydrogen-bond donors (Lipinski definition) is 3. The number of halogens is 3. The summed E-state index contributed by atoms with van der Waals surface area (Å²) in [5, 5.41) is 13.4. The summed E-state index contributed by atoms with van der Waals surface area (Å²) in [5.41, 5.74) is -2.50. The molecule has 0 unspecified atom stereocenters. The van der Waals surface area contributed by atoms with E-state index in [1.165, 1.54) is 13.8 Å². The molecule has 4 heterocycles. The van der Waals surface area contributed by atoms with Gasteiger partial charge in [0.05, 0.1) is 28.8 Å². The minimum Gasteiger partial charge on any atom is -0.491 e. The van der Waals surface area contributed by atoms with E-state index in [0.29, 0.717) is 67.8 Å². The highest BCUT2D eigenvalue weighted by atomic mass is 32.2. The van der Waals surface area contributed by atoms with Crippen LogP contribution in [0.2, 0.25) is 0 Å². The number of ether oxygens (including phenoxy) is 2. The number of amides is 4. The van der Waals surface area contributed by atoms with Crippen LogP contribution in [0.25, 0.3) is 22.5 Å². The van der Waals surface area contributed by atoms with Gasteiger partial charge < -0.3 is 24.8 Å². The fourth-order valence-electron chi connectivity index (χ4n) is 9.14. The molecule has 7 rings (SSSR count). The summed E-state index contributed by atoms with van der Waals surface area (Å²) in [5.74, 6) is -3.78. The van der Waals surface area contributed by atoms with Gasteiger partial charge in [-0.25, -0.2) is 18.2 Å². The Hall–Kier alpha value is -5.72. The lowest BCUT2D eigenvalue weighted by Gasteiger charge is -2.45. The first kappa shape index (κ1) is 49.2. The number of aromatic nitrogens is 2. The van der Waals surface area contributed by atoms with Crippen LogP contribution in [-0.4, -0.2) is 110 Å². The predicted octanol–water partition coefficient (Wildman–Crippen LogP) is 7.52. The van der Waals surface area contributed by atoms with Gasteiger partial charge in [0.25, 0.3) is 5.91 Å². The van der Waals surface area contributed by atoms with E-state index >= 15 is 4.79 Å². The zero-order valence-electron chi connectivity index (χ0n) is 38.7. The van der Waals surface area contributed by atoms with Gasteiger partial charge in [0.1, 0.15) is 40.8 Å². The highest BCUT2D eigenvalue weighted by Gasteiger charge is 2.64. The summed E-state index contributed by atoms with van der Waals surface area (Å²) in [7, 11) is -4.15. The molecule has 67 heavy (non-hydrogen) atoms. The number of alkyl halides is 3. The van der Waals surface area contributed by atoms with E-state index in [0.717, 1.165) is 4.90 Å². The monoisotopic (exact) mass is 952 g/mol. The van der Waals surface area contributed by atoms with E-state index in [4.69, 9.17) is 14.5 Å². The average Bonchev–Trinajstić information content (AvgIpc) is 4.13. The molecule has 4 amide bonds. The number of fused-ring (bicyclic) bond motifs is 2. The van der Waals surface area contributed by atoms with Gasteiger partial charge in [0.2, 0.25) is 21.8 Å². The number of carbonyl (C=O) groups is 4. The topological polar surface area (TPSA) is 197 Å². The average molecular weight is 953 g/mol. The number of sulfonamides is 1. The SMILES string of the molecule is CC(C)Oc1ccc(-c2cc(O[C@@H]3C[C@H]4C(=O)N[C@]5(C(=O)NS(=O)(=O)C6(C)CC6)C[C@H]5/C=C\CC[C@@H](C)C[C@@H](C)[C@H](N(C(=O)O)C(C)(C)C(F)(F)F)C(=O)N4C3)cc(-c3cccnc3)n2)cc1. The van der Waals surface area contributed by atoms with Crippen LogP contribution in [0.15, 0.2) is 73.1 Å². The molecule has 3 fully saturated rings. The maximum atomic E-state index is 15.2. The number of hydrogen-bond acceptors (Lipinski definition) is 10. The first-order chi connectivity index (χ1) is 31.4. The number of benzene rings is 1. The minimum absolute atomic E-state index is 0.0389. The second-order valence-corrected chi connectivity index (χ2v) is 21.8. The lowest BCUT2D eigenvalue weighted by Crippen LogP contribution is -2.66. The van der Waals surface area contributed by atoms with Gasteiger partial charge in [-0.3, -0.25) is 29.0 Å². The van der Waals surface area contributed by atoms with E-state index in [9.17, 15) is 41.1 Å². The molecule has 2 aromatic heterocycles. The Morgan fingerprint density at radius 3 is 2.28 bits per heavy atom. The maximum Gasteiger partial charge on any atom is 0.411 e. The molecule has 7 atom stereocenters. The number of rotatable bonds is 11. The van der Waals surface area contributed by atoms with Crippen LogP contribution < -0.4 is 19.5 Å². The molecule has 2 aliphatic carbocycles. The van der Waals surface area contributed by atoms with Crippen LogP contribution in [0.1, 0.15) is 93.4 Å². The van der Waals surface area contributed by atoms with E-state index in [1.54, 1.807) is 54.9 Å². The van der Waals surface area contributed by atoms with Crippen LogP contribution in [0.3, 0.4) is 0 Å². The number of pyridine rings is 2. The van der Waals surface area contributed by atoms with Gasteiger partial charge in [-0.2, -0.15) is 13.2 Å². The quantitative estimate of drug-likeness (QED) is 0.161. The summed E-state index contributed by atoms with van der Waals surface area (Å²) in [6, 6.07) is 10.7. The van der Waals surface area contributed by atoms with Gasteiger partial charge in [0.15, 0.2) is 0 Å². The summed E-state index contributed by atoms with van der Waals surface area (Å²) < 4.78 is 84.8. The van der Waals surface area contributed by atoms with Gasteiger partial charge in [0, 0.05) is 48.0 Å². The van der Waals surface area contributed by atoms with Gasteiger partial charge in [-0.1, -0.05) is 26.0 Å². The van der Waals surface area contributed by atoms with Crippen LogP contribution >= 0.6 is 0 Å². The predicted molar refractivity (Wildman–Crippen MR) is 242 cm³/mol. The van der Waals surface area contributed by atoms with E-state index in [-0.39, 0.29) is 48.5 Å². The van der Waals surface area contributed by atoms with Crippen molar-refractivity contribution in [2.45, 2.75) is 140 Å². The first-order valence-electron chi connectivity index (χ1n) is 22.7. The summed E-state index contributed by atoms with van der Waals surface area (Å²) in [6.45, 7) is 9.75. The molecule has 0 spiro atoms. The number of allylic oxidation sites excluding steroid dienone is 1. The Kier molecular flexibility index (Phi) is 13.5. The molecule has 1 aromatic carbocycles. The van der Waals surface area contributed by atoms with Gasteiger partial charge in [-0.15, -0.1) is 0 Å². The van der Waals surface area contributed by atoms with Crippen molar-refractivity contribution in [3.63, 3.8) is 0 Å². The molecule has 2 saturated carbocycles. The largest absolute Gasteiger partial charge is 0.491 e. The molecular formula is C48H59F3N6O9S. The fourth-order valence-corrected chi connectivity index (χ4v) is 10.4. The van der Waals surface area contributed by atoms with E-state index < -0.39 is 85.9 Å². The number of carbonyl (C=O) groups excluding carboxylic acids is 3. The minimum atomic E-state index is -5.11. The third kappa shape index (κ3) is 10.3. The Morgan fingerprint density at radius 1 is 1.01 bits per heavy atom. The number of carboxylic acid groups (broad SMARTS) is 1. The van der Waals surface area contributed by atoms with Crippen molar-refractivity contribution in [1.29, 1.82) is 0 Å². The summed E-state index contributed by atoms with van der Waals surface area (Å²) in [6.07, 6.45) is 0.217. The lowest BCUT2D eigenvalue weighted by molar-refractivity contribution is -0.222. The van der Waals surface area contributed by atoms with Crippen LogP contribution in [0, 0.1) is 17.8 Å².